The molecule has 10 heteroatoms. The lowest BCUT2D eigenvalue weighted by Crippen LogP contribution is -2.60. The summed E-state index contributed by atoms with van der Waals surface area (Å²) in [5.41, 5.74) is 0.764. The van der Waals surface area contributed by atoms with Crippen LogP contribution >= 0.6 is 23.2 Å². The zero-order chi connectivity index (χ0) is 23.2. The Hall–Kier alpha value is -1.64. The molecule has 2 amide bonds. The molecular formula is C22H28Cl2F2N4O2. The largest absolute Gasteiger partial charge is 0.380 e. The molecule has 1 N–H and O–H groups in total. The van der Waals surface area contributed by atoms with Crippen LogP contribution in [0, 0.1) is 5.92 Å². The predicted octanol–water partition coefficient (Wildman–Crippen LogP) is 3.83. The maximum atomic E-state index is 13.1. The monoisotopic (exact) mass is 488 g/mol. The average Bonchev–Trinajstić information content (AvgIpc) is 2.67. The molecular weight excluding hydrogens is 461 g/mol. The first kappa shape index (κ1) is 23.5. The molecule has 0 radical (unpaired) electrons. The number of hydrogen-bond acceptors (Lipinski definition) is 4. The first-order valence-electron chi connectivity index (χ1n) is 11.0. The van der Waals surface area contributed by atoms with Crippen molar-refractivity contribution in [3.05, 3.63) is 27.7 Å². The highest BCUT2D eigenvalue weighted by Crippen LogP contribution is 2.35. The van der Waals surface area contributed by atoms with Crippen LogP contribution < -0.4 is 5.32 Å². The highest BCUT2D eigenvalue weighted by molar-refractivity contribution is 6.40. The van der Waals surface area contributed by atoms with Gasteiger partial charge in [-0.3, -0.25) is 14.5 Å². The van der Waals surface area contributed by atoms with Gasteiger partial charge in [-0.25, -0.2) is 8.78 Å². The van der Waals surface area contributed by atoms with Gasteiger partial charge >= 0.3 is 0 Å². The summed E-state index contributed by atoms with van der Waals surface area (Å²) < 4.78 is 26.2. The van der Waals surface area contributed by atoms with Crippen molar-refractivity contribution in [2.45, 2.75) is 44.7 Å². The van der Waals surface area contributed by atoms with Crippen molar-refractivity contribution in [1.82, 2.24) is 14.7 Å². The standard InChI is InChI=1S/C22H28Cl2F2N4O2/c1-13(2)20(31)28-5-3-16(4-6-28)29-9-15(10-29)27-14-7-17(23)19(18(24)8-14)21(32)30-11-22(25,26)12-30/h7-8,13,15-16,27H,3-6,9-12H2,1-2H3. The third kappa shape index (κ3) is 4.82. The Labute approximate surface area is 196 Å². The quantitative estimate of drug-likeness (QED) is 0.684. The molecule has 0 spiro atoms. The minimum absolute atomic E-state index is 0.0383. The van der Waals surface area contributed by atoms with Crippen molar-refractivity contribution in [2.24, 2.45) is 5.92 Å². The second-order valence-electron chi connectivity index (χ2n) is 9.34. The molecule has 1 aromatic carbocycles. The van der Waals surface area contributed by atoms with Gasteiger partial charge in [0, 0.05) is 43.8 Å². The van der Waals surface area contributed by atoms with Gasteiger partial charge in [-0.15, -0.1) is 0 Å². The molecule has 0 atom stereocenters. The maximum Gasteiger partial charge on any atom is 0.282 e. The lowest BCUT2D eigenvalue weighted by atomic mass is 9.96. The van der Waals surface area contributed by atoms with Crippen molar-refractivity contribution >= 4 is 40.7 Å². The zero-order valence-electron chi connectivity index (χ0n) is 18.2. The third-order valence-corrected chi connectivity index (χ3v) is 7.05. The van der Waals surface area contributed by atoms with E-state index in [1.165, 1.54) is 0 Å². The number of alkyl halides is 2. The summed E-state index contributed by atoms with van der Waals surface area (Å²) >= 11 is 12.6. The van der Waals surface area contributed by atoms with Crippen molar-refractivity contribution < 1.29 is 18.4 Å². The topological polar surface area (TPSA) is 55.9 Å². The molecule has 3 fully saturated rings. The number of carbonyl (C=O) groups excluding carboxylic acids is 2. The fraction of sp³-hybridized carbons (Fsp3) is 0.636. The number of halogens is 4. The Kier molecular flexibility index (Phi) is 6.58. The van der Waals surface area contributed by atoms with Gasteiger partial charge < -0.3 is 15.1 Å². The maximum absolute atomic E-state index is 13.1. The SMILES string of the molecule is CC(C)C(=O)N1CCC(N2CC(Nc3cc(Cl)c(C(=O)N4CC(F)(F)C4)c(Cl)c3)C2)CC1. The first-order valence-corrected chi connectivity index (χ1v) is 11.7. The Morgan fingerprint density at radius 3 is 2.12 bits per heavy atom. The lowest BCUT2D eigenvalue weighted by Gasteiger charge is -2.47. The van der Waals surface area contributed by atoms with E-state index in [0.717, 1.165) is 43.9 Å². The Bertz CT molecular complexity index is 869. The summed E-state index contributed by atoms with van der Waals surface area (Å²) in [5.74, 6) is -3.15. The second-order valence-corrected chi connectivity index (χ2v) is 10.2. The number of nitrogens with one attached hydrogen (secondary N) is 1. The van der Waals surface area contributed by atoms with E-state index in [2.05, 4.69) is 10.2 Å². The van der Waals surface area contributed by atoms with E-state index in [1.807, 2.05) is 18.7 Å². The minimum Gasteiger partial charge on any atom is -0.380 e. The smallest absolute Gasteiger partial charge is 0.282 e. The summed E-state index contributed by atoms with van der Waals surface area (Å²) in [6.07, 6.45) is 1.96. The van der Waals surface area contributed by atoms with E-state index >= 15 is 0 Å². The number of piperidine rings is 1. The van der Waals surface area contributed by atoms with Crippen LogP contribution in [0.4, 0.5) is 14.5 Å². The molecule has 0 saturated carbocycles. The van der Waals surface area contributed by atoms with Gasteiger partial charge in [0.25, 0.3) is 11.8 Å². The minimum atomic E-state index is -2.84. The molecule has 0 aliphatic carbocycles. The summed E-state index contributed by atoms with van der Waals surface area (Å²) in [7, 11) is 0. The molecule has 3 saturated heterocycles. The Morgan fingerprint density at radius 2 is 1.62 bits per heavy atom. The molecule has 4 rings (SSSR count). The van der Waals surface area contributed by atoms with Gasteiger partial charge in [-0.2, -0.15) is 0 Å². The van der Waals surface area contributed by atoms with Crippen LogP contribution in [-0.4, -0.2) is 83.8 Å². The molecule has 1 aromatic rings. The number of likely N-dealkylation sites (tertiary alicyclic amines) is 3. The number of nitrogens with zero attached hydrogens (tertiary/aromatic N) is 3. The number of rotatable bonds is 5. The Morgan fingerprint density at radius 1 is 1.06 bits per heavy atom. The van der Waals surface area contributed by atoms with E-state index < -0.39 is 24.9 Å². The molecule has 0 aromatic heterocycles. The zero-order valence-corrected chi connectivity index (χ0v) is 19.7. The third-order valence-electron chi connectivity index (χ3n) is 6.45. The van der Waals surface area contributed by atoms with Crippen LogP contribution in [0.3, 0.4) is 0 Å². The van der Waals surface area contributed by atoms with E-state index in [4.69, 9.17) is 23.2 Å². The van der Waals surface area contributed by atoms with E-state index in [0.29, 0.717) is 11.7 Å². The first-order chi connectivity index (χ1) is 15.0. The van der Waals surface area contributed by atoms with Crippen molar-refractivity contribution in [3.63, 3.8) is 0 Å². The van der Waals surface area contributed by atoms with Crippen LogP contribution in [0.15, 0.2) is 12.1 Å². The number of benzene rings is 1. The van der Waals surface area contributed by atoms with Crippen molar-refractivity contribution in [1.29, 1.82) is 0 Å². The fourth-order valence-electron chi connectivity index (χ4n) is 4.63. The molecule has 6 nitrogen and oxygen atoms in total. The number of amides is 2. The molecule has 176 valence electrons. The molecule has 3 heterocycles. The lowest BCUT2D eigenvalue weighted by molar-refractivity contribution is -0.136. The van der Waals surface area contributed by atoms with Crippen LogP contribution in [0.25, 0.3) is 0 Å². The van der Waals surface area contributed by atoms with Gasteiger partial charge in [0.15, 0.2) is 0 Å². The van der Waals surface area contributed by atoms with Crippen molar-refractivity contribution in [2.75, 3.05) is 44.6 Å². The fourth-order valence-corrected chi connectivity index (χ4v) is 5.28. The Balaban J connectivity index is 1.27. The van der Waals surface area contributed by atoms with Gasteiger partial charge in [-0.05, 0) is 25.0 Å². The second kappa shape index (κ2) is 8.95. The van der Waals surface area contributed by atoms with Crippen molar-refractivity contribution in [3.8, 4) is 0 Å². The van der Waals surface area contributed by atoms with Gasteiger partial charge in [0.1, 0.15) is 0 Å². The van der Waals surface area contributed by atoms with E-state index in [9.17, 15) is 18.4 Å². The van der Waals surface area contributed by atoms with Crippen LogP contribution in [0.5, 0.6) is 0 Å². The van der Waals surface area contributed by atoms with Gasteiger partial charge in [0.2, 0.25) is 5.91 Å². The molecule has 3 aliphatic rings. The normalized spacial score (nSPS) is 22.0. The highest BCUT2D eigenvalue weighted by Gasteiger charge is 2.47. The number of carbonyl (C=O) groups is 2. The summed E-state index contributed by atoms with van der Waals surface area (Å²) in [6.45, 7) is 6.01. The number of anilines is 1. The number of hydrogen-bond donors (Lipinski definition) is 1. The summed E-state index contributed by atoms with van der Waals surface area (Å²) in [5, 5.41) is 3.69. The molecule has 0 unspecified atom stereocenters. The van der Waals surface area contributed by atoms with Gasteiger partial charge in [-0.1, -0.05) is 37.0 Å². The molecule has 32 heavy (non-hydrogen) atoms. The average molecular weight is 489 g/mol. The van der Waals surface area contributed by atoms with E-state index in [1.54, 1.807) is 12.1 Å². The summed E-state index contributed by atoms with van der Waals surface area (Å²) in [4.78, 5) is 30.0. The van der Waals surface area contributed by atoms with Crippen LogP contribution in [0.1, 0.15) is 37.0 Å². The highest BCUT2D eigenvalue weighted by atomic mass is 35.5. The van der Waals surface area contributed by atoms with Crippen LogP contribution in [0.2, 0.25) is 10.0 Å². The van der Waals surface area contributed by atoms with E-state index in [-0.39, 0.29) is 33.5 Å². The van der Waals surface area contributed by atoms with Crippen LogP contribution in [-0.2, 0) is 4.79 Å². The summed E-state index contributed by atoms with van der Waals surface area (Å²) in [6, 6.07) is 3.95. The molecule has 0 bridgehead atoms. The predicted molar refractivity (Wildman–Crippen MR) is 121 cm³/mol. The molecule has 3 aliphatic heterocycles. The van der Waals surface area contributed by atoms with Gasteiger partial charge in [0.05, 0.1) is 34.7 Å².